The summed E-state index contributed by atoms with van der Waals surface area (Å²) in [5, 5.41) is 18.2. The van der Waals surface area contributed by atoms with Crippen molar-refractivity contribution in [3.63, 3.8) is 0 Å². The van der Waals surface area contributed by atoms with Gasteiger partial charge < -0.3 is 14.6 Å². The minimum absolute atomic E-state index is 0.0858. The van der Waals surface area contributed by atoms with Gasteiger partial charge in [-0.15, -0.1) is 0 Å². The number of carbonyl (C=O) groups excluding carboxylic acids is 1. The van der Waals surface area contributed by atoms with Crippen LogP contribution in [0.3, 0.4) is 0 Å². The molecule has 8 heteroatoms. The van der Waals surface area contributed by atoms with Gasteiger partial charge >= 0.3 is 11.1 Å². The Labute approximate surface area is 166 Å². The van der Waals surface area contributed by atoms with E-state index < -0.39 is 29.9 Å². The van der Waals surface area contributed by atoms with Crippen LogP contribution in [-0.4, -0.2) is 40.2 Å². The maximum absolute atomic E-state index is 12.1. The third-order valence-electron chi connectivity index (χ3n) is 6.62. The lowest BCUT2D eigenvalue weighted by molar-refractivity contribution is -0.974. The molecule has 5 aliphatic rings. The first kappa shape index (κ1) is 18.0. The molecule has 1 heterocycles. The fourth-order valence-electron chi connectivity index (χ4n) is 5.43. The molecule has 0 amide bonds. The summed E-state index contributed by atoms with van der Waals surface area (Å²) in [7, 11) is 0. The first-order valence-electron chi connectivity index (χ1n) is 9.83. The maximum atomic E-state index is 12.1. The maximum Gasteiger partial charge on any atom is 0.475 e. The number of nitrogens with zero attached hydrogens (tertiary/aromatic N) is 1. The van der Waals surface area contributed by atoms with E-state index in [9.17, 15) is 14.8 Å². The van der Waals surface area contributed by atoms with Gasteiger partial charge in [-0.05, 0) is 65.9 Å². The van der Waals surface area contributed by atoms with Crippen molar-refractivity contribution in [1.82, 2.24) is 0 Å². The van der Waals surface area contributed by atoms with Crippen molar-refractivity contribution in [2.75, 3.05) is 6.61 Å². The molecular weight excluding hydrogens is 378 g/mol. The molecule has 4 bridgehead atoms. The number of aromatic hydroxyl groups is 1. The fourth-order valence-corrected chi connectivity index (χ4v) is 5.43. The van der Waals surface area contributed by atoms with Crippen LogP contribution < -0.4 is 4.74 Å². The smallest absolute Gasteiger partial charge is 0.475 e. The van der Waals surface area contributed by atoms with Crippen molar-refractivity contribution < 1.29 is 34.5 Å². The zero-order chi connectivity index (χ0) is 20.3. The minimum atomic E-state index is -0.795. The number of carbonyl (C=O) groups is 1. The molecule has 1 aliphatic heterocycles. The highest BCUT2D eigenvalue weighted by Crippen LogP contribution is 2.53. The quantitative estimate of drug-likeness (QED) is 0.591. The van der Waals surface area contributed by atoms with Gasteiger partial charge in [0.2, 0.25) is 0 Å². The molecule has 4 aliphatic carbocycles. The number of benzene rings is 1. The highest BCUT2D eigenvalue weighted by atomic mass is 17.0. The van der Waals surface area contributed by atoms with Gasteiger partial charge in [0.05, 0.1) is 0 Å². The Morgan fingerprint density at radius 2 is 2.17 bits per heavy atom. The molecule has 29 heavy (non-hydrogen) atoms. The summed E-state index contributed by atoms with van der Waals surface area (Å²) in [5.41, 5.74) is 4.63. The highest BCUT2D eigenvalue weighted by molar-refractivity contribution is 5.71. The summed E-state index contributed by atoms with van der Waals surface area (Å²) >= 11 is 0. The monoisotopic (exact) mass is 400 g/mol. The van der Waals surface area contributed by atoms with Crippen molar-refractivity contribution in [2.24, 2.45) is 17.8 Å². The Kier molecular flexibility index (Phi) is 4.04. The van der Waals surface area contributed by atoms with Crippen molar-refractivity contribution >= 4 is 5.97 Å². The Balaban J connectivity index is 1.56. The number of ether oxygens (including phenoxy) is 2. The highest BCUT2D eigenvalue weighted by Gasteiger charge is 2.47. The Morgan fingerprint density at radius 1 is 1.34 bits per heavy atom. The van der Waals surface area contributed by atoms with Crippen LogP contribution in [0.4, 0.5) is 0 Å². The van der Waals surface area contributed by atoms with Crippen molar-refractivity contribution in [3.8, 4) is 11.5 Å². The third-order valence-corrected chi connectivity index (χ3v) is 6.62. The first-order chi connectivity index (χ1) is 13.9. The van der Waals surface area contributed by atoms with E-state index in [2.05, 4.69) is 11.8 Å². The van der Waals surface area contributed by atoms with Crippen LogP contribution in [0.5, 0.6) is 11.5 Å². The number of esters is 1. The topological polar surface area (TPSA) is 105 Å². The largest absolute Gasteiger partial charge is 0.504 e. The van der Waals surface area contributed by atoms with Crippen molar-refractivity contribution in [3.05, 3.63) is 51.5 Å². The number of phenolic OH excluding ortho intramolecular Hbond substituents is 1. The second-order valence-electron chi connectivity index (χ2n) is 8.25. The zero-order valence-electron chi connectivity index (χ0n) is 15.9. The summed E-state index contributed by atoms with van der Waals surface area (Å²) < 4.78 is 11.8. The van der Waals surface area contributed by atoms with Gasteiger partial charge in [-0.1, -0.05) is 19.1 Å². The van der Waals surface area contributed by atoms with Crippen LogP contribution in [0.2, 0.25) is 0 Å². The molecule has 1 aromatic rings. The molecule has 152 valence electrons. The van der Waals surface area contributed by atoms with Gasteiger partial charge in [0.1, 0.15) is 4.91 Å². The summed E-state index contributed by atoms with van der Waals surface area (Å²) in [5.74, 6) is 0.879. The van der Waals surface area contributed by atoms with Crippen LogP contribution in [0, 0.1) is 22.7 Å². The van der Waals surface area contributed by atoms with Gasteiger partial charge in [-0.3, -0.25) is 0 Å². The van der Waals surface area contributed by atoms with E-state index in [4.69, 9.17) is 14.7 Å². The van der Waals surface area contributed by atoms with Crippen LogP contribution in [0.25, 0.3) is 0 Å². The number of fused-ring (bicyclic) bond motifs is 1. The minimum Gasteiger partial charge on any atom is -0.504 e. The van der Waals surface area contributed by atoms with E-state index in [-0.39, 0.29) is 11.7 Å². The second-order valence-corrected chi connectivity index (χ2v) is 8.25. The van der Waals surface area contributed by atoms with Gasteiger partial charge in [-0.25, -0.2) is 10.0 Å². The SMILES string of the molecule is C[C@@H]1CC2Cc3c4ccc(O)c3O[C@@H]3C2=C(C=C[C@@H]3OC(=O)CO[N+](=O)O)[C@H]1C4. The normalized spacial score (nSPS) is 30.9. The molecular formula is C21H22NO7+. The van der Waals surface area contributed by atoms with Crippen LogP contribution >= 0.6 is 0 Å². The third kappa shape index (κ3) is 2.85. The average molecular weight is 400 g/mol. The number of allylic oxidation sites excluding steroid dienone is 2. The molecule has 1 unspecified atom stereocenters. The summed E-state index contributed by atoms with van der Waals surface area (Å²) in [4.78, 5) is 26.8. The molecule has 1 aromatic carbocycles. The van der Waals surface area contributed by atoms with Crippen molar-refractivity contribution in [1.29, 1.82) is 0 Å². The van der Waals surface area contributed by atoms with E-state index >= 15 is 0 Å². The number of rotatable bonds is 4. The standard InChI is InChI=1S/C21H21NO7/c1-10-6-12-8-15-11-2-4-16(23)20(15)29-21-17(28-18(24)9-27-22(25)26)5-3-13(19(12)21)14(10)7-11/h2-5,10,12,14,17,21H,6-9H2,1H3,(H-,23,25,26)/p+1/t10-,12?,14+,17+,21+/m1/s1. The second kappa shape index (κ2) is 6.50. The molecule has 5 atom stereocenters. The molecule has 0 fully saturated rings. The first-order valence-corrected chi connectivity index (χ1v) is 9.83. The Morgan fingerprint density at radius 3 is 2.97 bits per heavy atom. The predicted molar refractivity (Wildman–Crippen MR) is 98.1 cm³/mol. The number of hydrogen-bond donors (Lipinski definition) is 2. The lowest BCUT2D eigenvalue weighted by atomic mass is 9.62. The molecule has 8 nitrogen and oxygen atoms in total. The zero-order valence-corrected chi connectivity index (χ0v) is 15.9. The number of phenols is 1. The van der Waals surface area contributed by atoms with Gasteiger partial charge in [0.25, 0.3) is 6.61 Å². The van der Waals surface area contributed by atoms with Crippen LogP contribution in [0.15, 0.2) is 35.4 Å². The fraction of sp³-hybridized carbons (Fsp3) is 0.476. The predicted octanol–water partition coefficient (Wildman–Crippen LogP) is 2.40. The average Bonchev–Trinajstić information content (AvgIpc) is 2.82. The van der Waals surface area contributed by atoms with E-state index in [1.165, 1.54) is 11.1 Å². The summed E-state index contributed by atoms with van der Waals surface area (Å²) in [6, 6.07) is 3.66. The molecule has 0 radical (unpaired) electrons. The van der Waals surface area contributed by atoms with E-state index in [1.54, 1.807) is 12.1 Å². The summed E-state index contributed by atoms with van der Waals surface area (Å²) in [6.07, 6.45) is 5.27. The van der Waals surface area contributed by atoms with Crippen LogP contribution in [-0.2, 0) is 27.2 Å². The van der Waals surface area contributed by atoms with Crippen LogP contribution in [0.1, 0.15) is 24.5 Å². The Hall–Kier alpha value is -3.03. The van der Waals surface area contributed by atoms with Gasteiger partial charge in [-0.2, -0.15) is 4.84 Å². The Bertz CT molecular complexity index is 966. The van der Waals surface area contributed by atoms with Gasteiger partial charge in [0, 0.05) is 5.56 Å². The lowest BCUT2D eigenvalue weighted by Crippen LogP contribution is -2.44. The molecule has 0 saturated carbocycles. The molecule has 0 aromatic heterocycles. The van der Waals surface area contributed by atoms with E-state index in [0.717, 1.165) is 30.4 Å². The van der Waals surface area contributed by atoms with Crippen molar-refractivity contribution in [2.45, 2.75) is 38.4 Å². The molecule has 0 saturated heterocycles. The lowest BCUT2D eigenvalue weighted by Gasteiger charge is -2.43. The molecule has 0 spiro atoms. The van der Waals surface area contributed by atoms with Gasteiger partial charge in [0.15, 0.2) is 23.7 Å². The molecule has 2 N–H and O–H groups in total. The molecule has 6 rings (SSSR count). The summed E-state index contributed by atoms with van der Waals surface area (Å²) in [6.45, 7) is 1.57. The van der Waals surface area contributed by atoms with E-state index in [1.807, 2.05) is 12.1 Å². The number of hydrogen-bond acceptors (Lipinski definition) is 6. The van der Waals surface area contributed by atoms with E-state index in [0.29, 0.717) is 17.6 Å².